The van der Waals surface area contributed by atoms with Crippen LogP contribution >= 0.6 is 0 Å². The smallest absolute Gasteiger partial charge is 0.348 e. The molecular formula is C45H60N6O8+2. The molecule has 4 heterocycles. The highest BCUT2D eigenvalue weighted by atomic mass is 16.5. The summed E-state index contributed by atoms with van der Waals surface area (Å²) in [6.07, 6.45) is 18.8. The van der Waals surface area contributed by atoms with Crippen molar-refractivity contribution in [3.05, 3.63) is 61.7 Å². The molecule has 2 N–H and O–H groups in total. The molecule has 2 aliphatic heterocycles. The molecule has 6 aliphatic rings. The van der Waals surface area contributed by atoms with Gasteiger partial charge in [0.05, 0.1) is 7.11 Å². The predicted molar refractivity (Wildman–Crippen MR) is 214 cm³/mol. The van der Waals surface area contributed by atoms with Crippen LogP contribution in [0.4, 0.5) is 11.4 Å². The maximum absolute atomic E-state index is 14.0. The van der Waals surface area contributed by atoms with Gasteiger partial charge in [-0.3, -0.25) is 14.4 Å². The first kappa shape index (κ1) is 40.8. The molecule has 3 aromatic rings. The molecule has 1 aromatic carbocycles. The largest absolute Gasteiger partial charge is 0.469 e. The van der Waals surface area contributed by atoms with Crippen LogP contribution in [0.15, 0.2) is 61.7 Å². The average Bonchev–Trinajstić information content (AvgIpc) is 3.92. The first-order chi connectivity index (χ1) is 28.3. The monoisotopic (exact) mass is 812 g/mol. The molecule has 4 aliphatic carbocycles. The second-order valence-corrected chi connectivity index (χ2v) is 18.6. The van der Waals surface area contributed by atoms with Crippen LogP contribution in [0, 0.1) is 46.3 Å². The summed E-state index contributed by atoms with van der Waals surface area (Å²) in [4.78, 5) is 65.6. The predicted octanol–water partition coefficient (Wildman–Crippen LogP) is 4.84. The van der Waals surface area contributed by atoms with Crippen molar-refractivity contribution in [2.45, 2.75) is 123 Å². The Morgan fingerprint density at radius 2 is 1.51 bits per heavy atom. The Hall–Kier alpha value is -5.01. The van der Waals surface area contributed by atoms with Crippen molar-refractivity contribution in [3.8, 4) is 0 Å². The van der Waals surface area contributed by atoms with Gasteiger partial charge in [0.2, 0.25) is 12.7 Å². The van der Waals surface area contributed by atoms with Gasteiger partial charge in [-0.05, 0) is 117 Å². The Morgan fingerprint density at radius 1 is 0.864 bits per heavy atom. The minimum atomic E-state index is -0.304. The number of benzene rings is 1. The molecule has 11 bridgehead atoms. The molecule has 14 heteroatoms. The number of methoxy groups -OCH3 is 1. The number of ether oxygens (including phenoxy) is 3. The third kappa shape index (κ3) is 8.41. The van der Waals surface area contributed by atoms with Gasteiger partial charge in [-0.15, -0.1) is 0 Å². The number of hydrogen-bond donors (Lipinski definition) is 2. The normalized spacial score (nSPS) is 33.1. The van der Waals surface area contributed by atoms with Crippen molar-refractivity contribution in [1.29, 1.82) is 0 Å². The number of esters is 3. The van der Waals surface area contributed by atoms with Crippen molar-refractivity contribution < 1.29 is 47.3 Å². The fraction of sp³-hybridized carbons (Fsp3) is 0.622. The van der Waals surface area contributed by atoms with Crippen LogP contribution in [0.25, 0.3) is 0 Å². The summed E-state index contributed by atoms with van der Waals surface area (Å²) in [6, 6.07) is 6.94. The van der Waals surface area contributed by atoms with Gasteiger partial charge in [0.1, 0.15) is 37.0 Å². The molecule has 4 saturated carbocycles. The summed E-state index contributed by atoms with van der Waals surface area (Å²) in [5.41, 5.74) is 0.839. The van der Waals surface area contributed by atoms with E-state index in [1.807, 2.05) is 0 Å². The quantitative estimate of drug-likeness (QED) is 0.216. The molecule has 10 atom stereocenters. The number of hydrogen-bond acceptors (Lipinski definition) is 8. The second-order valence-electron chi connectivity index (χ2n) is 18.6. The lowest BCUT2D eigenvalue weighted by Crippen LogP contribution is -2.59. The summed E-state index contributed by atoms with van der Waals surface area (Å²) in [5, 5.41) is 5.78. The van der Waals surface area contributed by atoms with Gasteiger partial charge in [-0.25, -0.2) is 27.9 Å². The minimum Gasteiger partial charge on any atom is -0.469 e. The van der Waals surface area contributed by atoms with Crippen LogP contribution in [0.5, 0.6) is 0 Å². The van der Waals surface area contributed by atoms with E-state index in [2.05, 4.69) is 31.4 Å². The highest BCUT2D eigenvalue weighted by molar-refractivity contribution is 5.93. The van der Waals surface area contributed by atoms with E-state index >= 15 is 0 Å². The molecule has 0 spiro atoms. The third-order valence-electron chi connectivity index (χ3n) is 15.3. The topological polar surface area (TPSA) is 155 Å². The number of imidazole rings is 2. The number of anilines is 2. The van der Waals surface area contributed by atoms with Crippen LogP contribution in [0.2, 0.25) is 0 Å². The number of carbonyl (C=O) groups is 5. The minimum absolute atomic E-state index is 0.0132. The highest BCUT2D eigenvalue weighted by Crippen LogP contribution is 2.69. The Balaban J connectivity index is 1.06. The van der Waals surface area contributed by atoms with Crippen molar-refractivity contribution >= 4 is 41.1 Å². The number of nitrogens with zero attached hydrogens (tertiary/aromatic N) is 4. The zero-order chi connectivity index (χ0) is 41.5. The number of fused-ring (bicyclic) bond motifs is 11. The zero-order valence-corrected chi connectivity index (χ0v) is 34.8. The standard InChI is InChI=1S/C45H58N6O8/c1-29(8-13-41(54)57-4)35-11-12-36-34-10-9-30-20-33-14-15-44(30,2)37(34)22-38(45(35,36)3)59-43(56)26-51-19-17-49(28-51)24-40(53)47-32-7-5-6-31(21-32)46-39(52)23-48-16-18-50(27-48)25-42(55)58-33/h5-7,16-19,21,27-30,33-38H,8-15,20,22-26H2,1-4H3/p+2/t29-,30-,33-,34+,35-,36+,37+,38+,44+,45-/m1/s1. The maximum atomic E-state index is 14.0. The van der Waals surface area contributed by atoms with E-state index in [9.17, 15) is 24.0 Å². The number of amides is 2. The Bertz CT molecular complexity index is 2080. The summed E-state index contributed by atoms with van der Waals surface area (Å²) in [6.45, 7) is 7.19. The SMILES string of the molecule is COC(=O)CC[C@@H](C)[C@H]1CC[C@H]2[C@@H]3CC[C@@H]4C[C@H]5CC[C@]4(C)[C@H]3C[C@H](OC(=O)Cn3cc[n+](c3)CC(=O)Nc3cccc(c3)NC(=O)C[n+]3ccn(c3)CC(=O)O5)[C@]12C. The van der Waals surface area contributed by atoms with Gasteiger partial charge in [-0.1, -0.05) is 26.8 Å². The first-order valence-electron chi connectivity index (χ1n) is 21.6. The number of nitrogens with one attached hydrogen (secondary N) is 2. The van der Waals surface area contributed by atoms with E-state index in [0.29, 0.717) is 47.4 Å². The van der Waals surface area contributed by atoms with Gasteiger partial charge >= 0.3 is 17.9 Å². The molecule has 316 valence electrons. The van der Waals surface area contributed by atoms with Crippen LogP contribution < -0.4 is 19.8 Å². The fourth-order valence-electron chi connectivity index (χ4n) is 12.4. The molecule has 2 aromatic heterocycles. The number of carbonyl (C=O) groups excluding carboxylic acids is 5. The molecule has 14 nitrogen and oxygen atoms in total. The van der Waals surface area contributed by atoms with Crippen molar-refractivity contribution in [1.82, 2.24) is 9.13 Å². The fourth-order valence-corrected chi connectivity index (χ4v) is 12.4. The Morgan fingerprint density at radius 3 is 2.15 bits per heavy atom. The summed E-state index contributed by atoms with van der Waals surface area (Å²) in [5.74, 6) is 0.895. The lowest BCUT2D eigenvalue weighted by atomic mass is 9.43. The third-order valence-corrected chi connectivity index (χ3v) is 15.3. The summed E-state index contributed by atoms with van der Waals surface area (Å²) >= 11 is 0. The molecule has 0 saturated heterocycles. The molecule has 59 heavy (non-hydrogen) atoms. The summed E-state index contributed by atoms with van der Waals surface area (Å²) in [7, 11) is 1.44. The van der Waals surface area contributed by atoms with E-state index in [-0.39, 0.29) is 84.9 Å². The molecule has 9 rings (SSSR count). The lowest BCUT2D eigenvalue weighted by molar-refractivity contribution is -0.683. The Kier molecular flexibility index (Phi) is 11.4. The van der Waals surface area contributed by atoms with Gasteiger partial charge in [0.15, 0.2) is 26.2 Å². The average molecular weight is 813 g/mol. The van der Waals surface area contributed by atoms with Gasteiger partial charge in [-0.2, -0.15) is 0 Å². The Labute approximate surface area is 346 Å². The van der Waals surface area contributed by atoms with Gasteiger partial charge in [0, 0.05) is 23.2 Å². The van der Waals surface area contributed by atoms with E-state index < -0.39 is 0 Å². The first-order valence-corrected chi connectivity index (χ1v) is 21.6. The van der Waals surface area contributed by atoms with Crippen LogP contribution in [-0.2, 0) is 64.4 Å². The van der Waals surface area contributed by atoms with Crippen LogP contribution in [0.3, 0.4) is 0 Å². The second kappa shape index (κ2) is 16.6. The van der Waals surface area contributed by atoms with E-state index in [1.165, 1.54) is 7.11 Å². The van der Waals surface area contributed by atoms with Crippen LogP contribution in [-0.4, -0.2) is 58.2 Å². The van der Waals surface area contributed by atoms with E-state index in [1.54, 1.807) is 80.0 Å². The molecule has 0 unspecified atom stereocenters. The number of aromatic nitrogens is 4. The zero-order valence-electron chi connectivity index (χ0n) is 34.8. The number of rotatable bonds is 4. The molecule has 2 amide bonds. The van der Waals surface area contributed by atoms with Crippen molar-refractivity contribution in [2.24, 2.45) is 46.3 Å². The van der Waals surface area contributed by atoms with Gasteiger partial charge < -0.3 is 24.8 Å². The highest BCUT2D eigenvalue weighted by Gasteiger charge is 2.65. The van der Waals surface area contributed by atoms with Crippen LogP contribution in [0.1, 0.15) is 85.0 Å². The lowest BCUT2D eigenvalue weighted by Gasteiger charge is -2.62. The van der Waals surface area contributed by atoms with Gasteiger partial charge in [0.25, 0.3) is 11.8 Å². The summed E-state index contributed by atoms with van der Waals surface area (Å²) < 4.78 is 24.8. The molecule has 4 fully saturated rings. The van der Waals surface area contributed by atoms with E-state index in [0.717, 1.165) is 57.8 Å². The van der Waals surface area contributed by atoms with Crippen molar-refractivity contribution in [3.63, 3.8) is 0 Å². The maximum Gasteiger partial charge on any atom is 0.348 e. The molecule has 0 radical (unpaired) electrons. The van der Waals surface area contributed by atoms with E-state index in [4.69, 9.17) is 14.2 Å². The van der Waals surface area contributed by atoms with Crippen molar-refractivity contribution in [2.75, 3.05) is 17.7 Å². The molecular weight excluding hydrogens is 753 g/mol.